The monoisotopic (exact) mass is 337 g/mol. The molecule has 0 aliphatic rings. The number of fused-ring (bicyclic) bond motifs is 1. The first-order valence-corrected chi connectivity index (χ1v) is 7.49. The van der Waals surface area contributed by atoms with E-state index in [4.69, 9.17) is 4.42 Å². The van der Waals surface area contributed by atoms with Crippen LogP contribution in [0, 0.1) is 12.7 Å². The van der Waals surface area contributed by atoms with Crippen molar-refractivity contribution in [1.29, 1.82) is 0 Å². The van der Waals surface area contributed by atoms with Gasteiger partial charge in [-0.25, -0.2) is 9.18 Å². The normalized spacial score (nSPS) is 11.1. The van der Waals surface area contributed by atoms with Crippen LogP contribution in [-0.2, 0) is 0 Å². The van der Waals surface area contributed by atoms with Crippen LogP contribution in [0.15, 0.2) is 52.9 Å². The van der Waals surface area contributed by atoms with Crippen LogP contribution >= 0.6 is 0 Å². The molecule has 0 unspecified atom stereocenters. The van der Waals surface area contributed by atoms with Crippen LogP contribution in [0.1, 0.15) is 16.1 Å². The molecule has 4 rings (SSSR count). The van der Waals surface area contributed by atoms with Gasteiger partial charge in [-0.05, 0) is 48.9 Å². The minimum Gasteiger partial charge on any atom is -0.476 e. The molecule has 0 aliphatic heterocycles. The zero-order chi connectivity index (χ0) is 17.6. The van der Waals surface area contributed by atoms with Crippen molar-refractivity contribution in [1.82, 2.24) is 14.8 Å². The van der Waals surface area contributed by atoms with E-state index >= 15 is 0 Å². The third kappa shape index (κ3) is 2.55. The Bertz CT molecular complexity index is 1080. The third-order valence-electron chi connectivity index (χ3n) is 3.85. The number of aromatic nitrogens is 3. The second kappa shape index (κ2) is 5.55. The van der Waals surface area contributed by atoms with Crippen LogP contribution in [0.4, 0.5) is 4.39 Å². The molecule has 6 nitrogen and oxygen atoms in total. The maximum absolute atomic E-state index is 13.6. The van der Waals surface area contributed by atoms with Gasteiger partial charge in [0.15, 0.2) is 11.3 Å². The first-order valence-electron chi connectivity index (χ1n) is 7.49. The summed E-state index contributed by atoms with van der Waals surface area (Å²) in [5, 5.41) is 13.3. The molecule has 2 aromatic heterocycles. The van der Waals surface area contributed by atoms with Crippen molar-refractivity contribution < 1.29 is 18.7 Å². The number of halogens is 1. The number of oxazole rings is 1. The lowest BCUT2D eigenvalue weighted by Crippen LogP contribution is -2.02. The fourth-order valence-corrected chi connectivity index (χ4v) is 2.59. The fourth-order valence-electron chi connectivity index (χ4n) is 2.59. The van der Waals surface area contributed by atoms with Gasteiger partial charge in [0, 0.05) is 5.56 Å². The van der Waals surface area contributed by atoms with E-state index < -0.39 is 5.97 Å². The van der Waals surface area contributed by atoms with Gasteiger partial charge in [0.05, 0.1) is 5.69 Å². The van der Waals surface area contributed by atoms with Gasteiger partial charge in [-0.2, -0.15) is 14.8 Å². The van der Waals surface area contributed by atoms with Crippen molar-refractivity contribution in [3.05, 3.63) is 65.6 Å². The average molecular weight is 337 g/mol. The molecule has 4 aromatic rings. The summed E-state index contributed by atoms with van der Waals surface area (Å²) >= 11 is 0. The highest BCUT2D eigenvalue weighted by Gasteiger charge is 2.20. The van der Waals surface area contributed by atoms with Crippen molar-refractivity contribution in [2.24, 2.45) is 0 Å². The number of carboxylic acids is 1. The van der Waals surface area contributed by atoms with Gasteiger partial charge >= 0.3 is 12.0 Å². The minimum atomic E-state index is -1.17. The Hall–Kier alpha value is -3.48. The van der Waals surface area contributed by atoms with Crippen molar-refractivity contribution in [2.75, 3.05) is 0 Å². The molecule has 0 saturated carbocycles. The number of carboxylic acid groups (broad SMARTS) is 1. The van der Waals surface area contributed by atoms with Crippen LogP contribution in [0.25, 0.3) is 28.4 Å². The number of benzene rings is 2. The van der Waals surface area contributed by atoms with Crippen LogP contribution in [0.5, 0.6) is 0 Å². The molecule has 1 N–H and O–H groups in total. The standard InChI is InChI=1S/C18H12FN3O3/c1-10-8-11(6-7-12(10)19)15-9-14(17(23)24)21-22(15)18-20-13-4-2-3-5-16(13)25-18/h2-9H,1H3,(H,23,24). The van der Waals surface area contributed by atoms with E-state index in [1.165, 1.54) is 16.8 Å². The SMILES string of the molecule is Cc1cc(-c2cc(C(=O)O)nn2-c2nc3ccccc3o2)ccc1F. The summed E-state index contributed by atoms with van der Waals surface area (Å²) in [6.07, 6.45) is 0. The Morgan fingerprint density at radius 2 is 2.00 bits per heavy atom. The molecule has 0 atom stereocenters. The molecule has 0 radical (unpaired) electrons. The number of carbonyl (C=O) groups is 1. The highest BCUT2D eigenvalue weighted by atomic mass is 19.1. The Labute approximate surface area is 141 Å². The Balaban J connectivity index is 1.94. The molecule has 0 spiro atoms. The number of hydrogen-bond acceptors (Lipinski definition) is 4. The molecule has 0 amide bonds. The number of rotatable bonds is 3. The summed E-state index contributed by atoms with van der Waals surface area (Å²) in [4.78, 5) is 15.7. The zero-order valence-electron chi connectivity index (χ0n) is 13.1. The third-order valence-corrected chi connectivity index (χ3v) is 3.85. The van der Waals surface area contributed by atoms with Crippen LogP contribution in [0.2, 0.25) is 0 Å². The van der Waals surface area contributed by atoms with E-state index in [0.717, 1.165) is 0 Å². The maximum Gasteiger partial charge on any atom is 0.356 e. The van der Waals surface area contributed by atoms with E-state index in [1.807, 2.05) is 12.1 Å². The number of aryl methyl sites for hydroxylation is 1. The topological polar surface area (TPSA) is 81.1 Å². The molecular formula is C18H12FN3O3. The molecular weight excluding hydrogens is 325 g/mol. The van der Waals surface area contributed by atoms with Gasteiger partial charge < -0.3 is 9.52 Å². The number of hydrogen-bond donors (Lipinski definition) is 1. The van der Waals surface area contributed by atoms with Crippen LogP contribution in [0.3, 0.4) is 0 Å². The van der Waals surface area contributed by atoms with E-state index in [1.54, 1.807) is 31.2 Å². The Morgan fingerprint density at radius 1 is 1.20 bits per heavy atom. The highest BCUT2D eigenvalue weighted by molar-refractivity contribution is 5.87. The summed E-state index contributed by atoms with van der Waals surface area (Å²) in [5.74, 6) is -1.51. The molecule has 0 saturated heterocycles. The predicted molar refractivity (Wildman–Crippen MR) is 88.2 cm³/mol. The largest absolute Gasteiger partial charge is 0.476 e. The van der Waals surface area contributed by atoms with Crippen LogP contribution in [-0.4, -0.2) is 25.8 Å². The lowest BCUT2D eigenvalue weighted by atomic mass is 10.1. The molecule has 0 bridgehead atoms. The number of nitrogens with zero attached hydrogens (tertiary/aromatic N) is 3. The first-order chi connectivity index (χ1) is 12.0. The molecule has 2 heterocycles. The van der Waals surface area contributed by atoms with Gasteiger partial charge in [-0.1, -0.05) is 12.1 Å². The van der Waals surface area contributed by atoms with Crippen molar-refractivity contribution in [3.63, 3.8) is 0 Å². The smallest absolute Gasteiger partial charge is 0.356 e. The summed E-state index contributed by atoms with van der Waals surface area (Å²) in [6.45, 7) is 1.64. The van der Waals surface area contributed by atoms with Gasteiger partial charge in [0.2, 0.25) is 0 Å². The fraction of sp³-hybridized carbons (Fsp3) is 0.0556. The lowest BCUT2D eigenvalue weighted by Gasteiger charge is -2.05. The highest BCUT2D eigenvalue weighted by Crippen LogP contribution is 2.27. The van der Waals surface area contributed by atoms with E-state index in [9.17, 15) is 14.3 Å². The Morgan fingerprint density at radius 3 is 2.72 bits per heavy atom. The molecule has 7 heteroatoms. The van der Waals surface area contributed by atoms with Crippen LogP contribution < -0.4 is 0 Å². The van der Waals surface area contributed by atoms with Crippen molar-refractivity contribution in [2.45, 2.75) is 6.92 Å². The van der Waals surface area contributed by atoms with Gasteiger partial charge in [0.25, 0.3) is 0 Å². The summed E-state index contributed by atoms with van der Waals surface area (Å²) < 4.78 is 20.6. The van der Waals surface area contributed by atoms with E-state index in [0.29, 0.717) is 27.9 Å². The van der Waals surface area contributed by atoms with Gasteiger partial charge in [-0.15, -0.1) is 0 Å². The quantitative estimate of drug-likeness (QED) is 0.614. The number of aromatic carboxylic acids is 1. The maximum atomic E-state index is 13.6. The van der Waals surface area contributed by atoms with E-state index in [-0.39, 0.29) is 17.5 Å². The molecule has 0 aliphatic carbocycles. The second-order valence-corrected chi connectivity index (χ2v) is 5.56. The van der Waals surface area contributed by atoms with Gasteiger partial charge in [0.1, 0.15) is 11.3 Å². The van der Waals surface area contributed by atoms with Crippen molar-refractivity contribution >= 4 is 17.1 Å². The second-order valence-electron chi connectivity index (χ2n) is 5.56. The van der Waals surface area contributed by atoms with E-state index in [2.05, 4.69) is 10.1 Å². The molecule has 25 heavy (non-hydrogen) atoms. The summed E-state index contributed by atoms with van der Waals surface area (Å²) in [7, 11) is 0. The van der Waals surface area contributed by atoms with Crippen molar-refractivity contribution in [3.8, 4) is 17.3 Å². The minimum absolute atomic E-state index is 0.144. The lowest BCUT2D eigenvalue weighted by molar-refractivity contribution is 0.0690. The average Bonchev–Trinajstić information content (AvgIpc) is 3.21. The first kappa shape index (κ1) is 15.1. The zero-order valence-corrected chi connectivity index (χ0v) is 13.1. The molecule has 0 fully saturated rings. The number of para-hydroxylation sites is 2. The summed E-state index contributed by atoms with van der Waals surface area (Å²) in [5.41, 5.74) is 2.55. The Kier molecular flexibility index (Phi) is 3.35. The predicted octanol–water partition coefficient (Wildman–Crippen LogP) is 3.83. The molecule has 124 valence electrons. The summed E-state index contributed by atoms with van der Waals surface area (Å²) in [6, 6.07) is 13.2. The molecule has 2 aromatic carbocycles. The van der Waals surface area contributed by atoms with Gasteiger partial charge in [-0.3, -0.25) is 0 Å².